The van der Waals surface area contributed by atoms with E-state index in [9.17, 15) is 0 Å². The fourth-order valence-electron chi connectivity index (χ4n) is 2.12. The highest BCUT2D eigenvalue weighted by molar-refractivity contribution is 5.38. The number of ether oxygens (including phenoxy) is 2. The van der Waals surface area contributed by atoms with Crippen LogP contribution in [0, 0.1) is 5.92 Å². The van der Waals surface area contributed by atoms with Crippen LogP contribution in [0.1, 0.15) is 58.7 Å². The predicted octanol–water partition coefficient (Wildman–Crippen LogP) is 4.32. The van der Waals surface area contributed by atoms with Crippen molar-refractivity contribution in [2.75, 3.05) is 13.2 Å². The molecule has 0 aliphatic heterocycles. The van der Waals surface area contributed by atoms with Gasteiger partial charge in [0.1, 0.15) is 5.75 Å². The molecule has 1 aromatic carbocycles. The Kier molecular flexibility index (Phi) is 7.76. The van der Waals surface area contributed by atoms with E-state index in [4.69, 9.17) is 9.47 Å². The molecule has 0 fully saturated rings. The third kappa shape index (κ3) is 5.68. The number of benzene rings is 1. The standard InChI is InChI=1S/C18H31NO2/c1-7-19-14(5)16-9-10-18(20-8-2)17(11-16)12-21-15(6)13(3)4/h9-11,13-15,19H,7-8,12H2,1-6H3. The minimum atomic E-state index is 0.245. The molecule has 120 valence electrons. The number of hydrogen-bond donors (Lipinski definition) is 1. The van der Waals surface area contributed by atoms with E-state index in [0.717, 1.165) is 17.9 Å². The Morgan fingerprint density at radius 2 is 1.81 bits per heavy atom. The lowest BCUT2D eigenvalue weighted by molar-refractivity contribution is 0.0224. The van der Waals surface area contributed by atoms with Crippen LogP contribution in [0.15, 0.2) is 18.2 Å². The second-order valence-electron chi connectivity index (χ2n) is 5.84. The van der Waals surface area contributed by atoms with E-state index in [1.165, 1.54) is 5.56 Å². The van der Waals surface area contributed by atoms with Gasteiger partial charge in [-0.3, -0.25) is 0 Å². The average molecular weight is 293 g/mol. The van der Waals surface area contributed by atoms with E-state index in [0.29, 0.717) is 25.2 Å². The van der Waals surface area contributed by atoms with Gasteiger partial charge >= 0.3 is 0 Å². The van der Waals surface area contributed by atoms with Crippen LogP contribution in [-0.2, 0) is 11.3 Å². The van der Waals surface area contributed by atoms with Crippen molar-refractivity contribution in [1.29, 1.82) is 0 Å². The molecule has 0 heterocycles. The van der Waals surface area contributed by atoms with Gasteiger partial charge in [0.15, 0.2) is 0 Å². The molecular weight excluding hydrogens is 262 g/mol. The van der Waals surface area contributed by atoms with Crippen LogP contribution in [0.3, 0.4) is 0 Å². The summed E-state index contributed by atoms with van der Waals surface area (Å²) in [5.74, 6) is 1.45. The second-order valence-corrected chi connectivity index (χ2v) is 5.84. The number of hydrogen-bond acceptors (Lipinski definition) is 3. The monoisotopic (exact) mass is 293 g/mol. The highest BCUT2D eigenvalue weighted by Crippen LogP contribution is 2.25. The van der Waals surface area contributed by atoms with E-state index < -0.39 is 0 Å². The first-order valence-corrected chi connectivity index (χ1v) is 8.10. The van der Waals surface area contributed by atoms with Crippen molar-refractivity contribution in [2.45, 2.75) is 60.3 Å². The van der Waals surface area contributed by atoms with Gasteiger partial charge in [0.05, 0.1) is 19.3 Å². The molecule has 0 saturated heterocycles. The average Bonchev–Trinajstić information content (AvgIpc) is 2.46. The molecule has 0 aliphatic rings. The Morgan fingerprint density at radius 3 is 2.38 bits per heavy atom. The molecule has 2 unspecified atom stereocenters. The minimum Gasteiger partial charge on any atom is -0.494 e. The summed E-state index contributed by atoms with van der Waals surface area (Å²) in [5.41, 5.74) is 2.41. The summed E-state index contributed by atoms with van der Waals surface area (Å²) in [6, 6.07) is 6.73. The molecule has 0 bridgehead atoms. The summed E-state index contributed by atoms with van der Waals surface area (Å²) < 4.78 is 11.7. The van der Waals surface area contributed by atoms with Gasteiger partial charge < -0.3 is 14.8 Å². The maximum Gasteiger partial charge on any atom is 0.124 e. The van der Waals surface area contributed by atoms with Crippen molar-refractivity contribution >= 4 is 0 Å². The quantitative estimate of drug-likeness (QED) is 0.735. The zero-order valence-electron chi connectivity index (χ0n) is 14.4. The third-order valence-electron chi connectivity index (χ3n) is 3.84. The molecule has 0 spiro atoms. The Bertz CT molecular complexity index is 418. The fourth-order valence-corrected chi connectivity index (χ4v) is 2.12. The zero-order valence-corrected chi connectivity index (χ0v) is 14.4. The molecule has 0 amide bonds. The highest BCUT2D eigenvalue weighted by atomic mass is 16.5. The van der Waals surface area contributed by atoms with Gasteiger partial charge in [0, 0.05) is 11.6 Å². The van der Waals surface area contributed by atoms with Crippen molar-refractivity contribution in [3.8, 4) is 5.75 Å². The van der Waals surface area contributed by atoms with Gasteiger partial charge in [0.2, 0.25) is 0 Å². The molecular formula is C18H31NO2. The van der Waals surface area contributed by atoms with Gasteiger partial charge in [0.25, 0.3) is 0 Å². The highest BCUT2D eigenvalue weighted by Gasteiger charge is 2.12. The van der Waals surface area contributed by atoms with Crippen LogP contribution < -0.4 is 10.1 Å². The van der Waals surface area contributed by atoms with Gasteiger partial charge in [-0.1, -0.05) is 26.8 Å². The van der Waals surface area contributed by atoms with E-state index in [1.807, 2.05) is 6.92 Å². The molecule has 1 rings (SSSR count). The molecule has 1 N–H and O–H groups in total. The summed E-state index contributed by atoms with van der Waals surface area (Å²) >= 11 is 0. The van der Waals surface area contributed by atoms with E-state index in [2.05, 4.69) is 58.1 Å². The largest absolute Gasteiger partial charge is 0.494 e. The molecule has 0 aliphatic carbocycles. The van der Waals surface area contributed by atoms with Crippen LogP contribution in [0.5, 0.6) is 5.75 Å². The molecule has 21 heavy (non-hydrogen) atoms. The van der Waals surface area contributed by atoms with E-state index >= 15 is 0 Å². The summed E-state index contributed by atoms with van der Waals surface area (Å²) in [4.78, 5) is 0. The van der Waals surface area contributed by atoms with Gasteiger partial charge in [-0.25, -0.2) is 0 Å². The smallest absolute Gasteiger partial charge is 0.124 e. The Labute approximate surface area is 130 Å². The molecule has 0 aromatic heterocycles. The van der Waals surface area contributed by atoms with Crippen molar-refractivity contribution in [1.82, 2.24) is 5.32 Å². The van der Waals surface area contributed by atoms with Gasteiger partial charge in [-0.05, 0) is 50.9 Å². The molecule has 3 heteroatoms. The lowest BCUT2D eigenvalue weighted by Crippen LogP contribution is -2.18. The van der Waals surface area contributed by atoms with Crippen LogP contribution in [-0.4, -0.2) is 19.3 Å². The number of nitrogens with one attached hydrogen (secondary N) is 1. The lowest BCUT2D eigenvalue weighted by Gasteiger charge is -2.20. The Hall–Kier alpha value is -1.06. The van der Waals surface area contributed by atoms with Crippen LogP contribution in [0.25, 0.3) is 0 Å². The normalized spacial score (nSPS) is 14.2. The van der Waals surface area contributed by atoms with E-state index in [-0.39, 0.29) is 6.10 Å². The van der Waals surface area contributed by atoms with Gasteiger partial charge in [-0.2, -0.15) is 0 Å². The Morgan fingerprint density at radius 1 is 1.10 bits per heavy atom. The molecule has 2 atom stereocenters. The maximum atomic E-state index is 5.97. The summed E-state index contributed by atoms with van der Waals surface area (Å²) in [6.07, 6.45) is 0.245. The third-order valence-corrected chi connectivity index (χ3v) is 3.84. The predicted molar refractivity (Wildman–Crippen MR) is 88.8 cm³/mol. The first-order valence-electron chi connectivity index (χ1n) is 8.10. The Balaban J connectivity index is 2.87. The van der Waals surface area contributed by atoms with Crippen molar-refractivity contribution in [2.24, 2.45) is 5.92 Å². The molecule has 3 nitrogen and oxygen atoms in total. The number of rotatable bonds is 9. The minimum absolute atomic E-state index is 0.245. The first kappa shape index (κ1) is 18.0. The van der Waals surface area contributed by atoms with Gasteiger partial charge in [-0.15, -0.1) is 0 Å². The lowest BCUT2D eigenvalue weighted by atomic mass is 10.0. The van der Waals surface area contributed by atoms with Crippen LogP contribution >= 0.6 is 0 Å². The van der Waals surface area contributed by atoms with E-state index in [1.54, 1.807) is 0 Å². The van der Waals surface area contributed by atoms with Crippen LogP contribution in [0.4, 0.5) is 0 Å². The maximum absolute atomic E-state index is 5.97. The molecule has 0 saturated carbocycles. The molecule has 0 radical (unpaired) electrons. The summed E-state index contributed by atoms with van der Waals surface area (Å²) in [6.45, 7) is 15.0. The summed E-state index contributed by atoms with van der Waals surface area (Å²) in [5, 5.41) is 3.44. The topological polar surface area (TPSA) is 30.5 Å². The first-order chi connectivity index (χ1) is 9.99. The second kappa shape index (κ2) is 9.06. The van der Waals surface area contributed by atoms with Crippen molar-refractivity contribution in [3.63, 3.8) is 0 Å². The van der Waals surface area contributed by atoms with Crippen molar-refractivity contribution in [3.05, 3.63) is 29.3 Å². The summed E-state index contributed by atoms with van der Waals surface area (Å²) in [7, 11) is 0. The fraction of sp³-hybridized carbons (Fsp3) is 0.667. The van der Waals surface area contributed by atoms with Crippen LogP contribution in [0.2, 0.25) is 0 Å². The SMILES string of the molecule is CCNC(C)c1ccc(OCC)c(COC(C)C(C)C)c1. The van der Waals surface area contributed by atoms with Crippen molar-refractivity contribution < 1.29 is 9.47 Å². The molecule has 1 aromatic rings. The zero-order chi connectivity index (χ0) is 15.8.